The number of hydrogen-bond acceptors (Lipinski definition) is 3. The molecule has 0 bridgehead atoms. The quantitative estimate of drug-likeness (QED) is 0.344. The third kappa shape index (κ3) is 3.84. The molecule has 0 aliphatic carbocycles. The number of hydrogen-bond donors (Lipinski definition) is 1. The van der Waals surface area contributed by atoms with Gasteiger partial charge >= 0.3 is 0 Å². The molecule has 0 spiro atoms. The summed E-state index contributed by atoms with van der Waals surface area (Å²) in [6, 6.07) is 18.6. The fourth-order valence-electron chi connectivity index (χ4n) is 2.73. The second-order valence-electron chi connectivity index (χ2n) is 6.15. The van der Waals surface area contributed by atoms with Gasteiger partial charge in [0.05, 0.1) is 10.6 Å². The standard InChI is InChI=1S/C21H14ClIN2O2/c1-12-2-9-19-18(10-12)25-21(27-19)13-3-6-15(7-4-13)24-20(26)16-11-14(23)5-8-17(16)22/h2-11H,1H3,(H,24,26). The molecule has 0 saturated heterocycles. The summed E-state index contributed by atoms with van der Waals surface area (Å²) < 4.78 is 6.76. The molecule has 3 aromatic carbocycles. The first-order valence-corrected chi connectivity index (χ1v) is 9.69. The fourth-order valence-corrected chi connectivity index (χ4v) is 3.42. The number of anilines is 1. The Hall–Kier alpha value is -2.38. The van der Waals surface area contributed by atoms with Gasteiger partial charge in [-0.2, -0.15) is 0 Å². The van der Waals surface area contributed by atoms with Crippen molar-refractivity contribution in [2.75, 3.05) is 5.32 Å². The van der Waals surface area contributed by atoms with E-state index in [4.69, 9.17) is 16.0 Å². The molecular weight excluding hydrogens is 475 g/mol. The van der Waals surface area contributed by atoms with Crippen molar-refractivity contribution in [3.63, 3.8) is 0 Å². The van der Waals surface area contributed by atoms with Gasteiger partial charge in [-0.3, -0.25) is 4.79 Å². The highest BCUT2D eigenvalue weighted by Gasteiger charge is 2.12. The third-order valence-corrected chi connectivity index (χ3v) is 5.11. The number of aromatic nitrogens is 1. The van der Waals surface area contributed by atoms with Gasteiger partial charge in [0.2, 0.25) is 5.89 Å². The second kappa shape index (κ2) is 7.32. The number of nitrogens with one attached hydrogen (secondary N) is 1. The predicted octanol–water partition coefficient (Wildman–Crippen LogP) is 6.31. The van der Waals surface area contributed by atoms with Gasteiger partial charge in [-0.1, -0.05) is 17.7 Å². The van der Waals surface area contributed by atoms with Crippen LogP contribution in [0.15, 0.2) is 65.1 Å². The van der Waals surface area contributed by atoms with Gasteiger partial charge < -0.3 is 9.73 Å². The first-order valence-electron chi connectivity index (χ1n) is 8.23. The van der Waals surface area contributed by atoms with E-state index in [1.54, 1.807) is 12.1 Å². The lowest BCUT2D eigenvalue weighted by Crippen LogP contribution is -2.12. The van der Waals surface area contributed by atoms with Crippen LogP contribution in [0.25, 0.3) is 22.6 Å². The van der Waals surface area contributed by atoms with Crippen LogP contribution in [-0.2, 0) is 0 Å². The van der Waals surface area contributed by atoms with Gasteiger partial charge in [0.15, 0.2) is 5.58 Å². The molecule has 6 heteroatoms. The zero-order valence-electron chi connectivity index (χ0n) is 14.3. The maximum Gasteiger partial charge on any atom is 0.257 e. The largest absolute Gasteiger partial charge is 0.436 e. The first-order chi connectivity index (χ1) is 13.0. The molecule has 4 rings (SSSR count). The Morgan fingerprint density at radius 2 is 1.85 bits per heavy atom. The number of halogens is 2. The first kappa shape index (κ1) is 18.0. The van der Waals surface area contributed by atoms with Gasteiger partial charge in [0.25, 0.3) is 5.91 Å². The number of nitrogens with zero attached hydrogens (tertiary/aromatic N) is 1. The van der Waals surface area contributed by atoms with Crippen LogP contribution in [0.3, 0.4) is 0 Å². The SMILES string of the molecule is Cc1ccc2oc(-c3ccc(NC(=O)c4cc(I)ccc4Cl)cc3)nc2c1. The smallest absolute Gasteiger partial charge is 0.257 e. The van der Waals surface area contributed by atoms with Crippen molar-refractivity contribution in [2.45, 2.75) is 6.92 Å². The van der Waals surface area contributed by atoms with Crippen molar-refractivity contribution in [1.29, 1.82) is 0 Å². The minimum absolute atomic E-state index is 0.247. The molecule has 0 atom stereocenters. The minimum Gasteiger partial charge on any atom is -0.436 e. The maximum absolute atomic E-state index is 12.5. The van der Waals surface area contributed by atoms with E-state index in [0.717, 1.165) is 25.8 Å². The average Bonchev–Trinajstić information content (AvgIpc) is 3.07. The van der Waals surface area contributed by atoms with Crippen molar-refractivity contribution in [3.8, 4) is 11.5 Å². The van der Waals surface area contributed by atoms with Crippen LogP contribution >= 0.6 is 34.2 Å². The number of fused-ring (bicyclic) bond motifs is 1. The van der Waals surface area contributed by atoms with Crippen LogP contribution in [0.5, 0.6) is 0 Å². The van der Waals surface area contributed by atoms with Crippen molar-refractivity contribution in [1.82, 2.24) is 4.98 Å². The van der Waals surface area contributed by atoms with Gasteiger partial charge in [-0.25, -0.2) is 4.98 Å². The summed E-state index contributed by atoms with van der Waals surface area (Å²) in [5.41, 5.74) is 4.67. The molecular formula is C21H14ClIN2O2. The Morgan fingerprint density at radius 1 is 1.07 bits per heavy atom. The van der Waals surface area contributed by atoms with E-state index in [-0.39, 0.29) is 5.91 Å². The Morgan fingerprint density at radius 3 is 2.63 bits per heavy atom. The predicted molar refractivity (Wildman–Crippen MR) is 116 cm³/mol. The topological polar surface area (TPSA) is 55.1 Å². The van der Waals surface area contributed by atoms with Crippen LogP contribution in [0.2, 0.25) is 5.02 Å². The Bertz CT molecular complexity index is 1150. The van der Waals surface area contributed by atoms with E-state index in [0.29, 0.717) is 22.2 Å². The van der Waals surface area contributed by atoms with E-state index in [1.807, 2.05) is 55.5 Å². The van der Waals surface area contributed by atoms with Crippen molar-refractivity contribution in [2.24, 2.45) is 0 Å². The summed E-state index contributed by atoms with van der Waals surface area (Å²) in [5.74, 6) is 0.303. The number of rotatable bonds is 3. The molecule has 0 aliphatic heterocycles. The molecule has 0 aliphatic rings. The summed E-state index contributed by atoms with van der Waals surface area (Å²) in [7, 11) is 0. The lowest BCUT2D eigenvalue weighted by Gasteiger charge is -2.07. The zero-order valence-corrected chi connectivity index (χ0v) is 17.2. The number of benzene rings is 3. The second-order valence-corrected chi connectivity index (χ2v) is 7.80. The molecule has 1 amide bonds. The van der Waals surface area contributed by atoms with Crippen LogP contribution in [-0.4, -0.2) is 10.9 Å². The number of oxazole rings is 1. The monoisotopic (exact) mass is 488 g/mol. The highest BCUT2D eigenvalue weighted by molar-refractivity contribution is 14.1. The molecule has 0 saturated carbocycles. The number of carbonyl (C=O) groups excluding carboxylic acids is 1. The van der Waals surface area contributed by atoms with E-state index >= 15 is 0 Å². The van der Waals surface area contributed by atoms with Crippen molar-refractivity contribution >= 4 is 56.9 Å². The normalized spacial score (nSPS) is 10.9. The van der Waals surface area contributed by atoms with Crippen LogP contribution in [0.4, 0.5) is 5.69 Å². The molecule has 1 aromatic heterocycles. The average molecular weight is 489 g/mol. The maximum atomic E-state index is 12.5. The molecule has 4 nitrogen and oxygen atoms in total. The molecule has 0 fully saturated rings. The van der Waals surface area contributed by atoms with Gasteiger partial charge in [-0.05, 0) is 89.7 Å². The molecule has 1 heterocycles. The lowest BCUT2D eigenvalue weighted by molar-refractivity contribution is 0.102. The minimum atomic E-state index is -0.247. The van der Waals surface area contributed by atoms with Gasteiger partial charge in [0, 0.05) is 14.8 Å². The van der Waals surface area contributed by atoms with Crippen molar-refractivity contribution < 1.29 is 9.21 Å². The van der Waals surface area contributed by atoms with Crippen molar-refractivity contribution in [3.05, 3.63) is 80.4 Å². The van der Waals surface area contributed by atoms with Gasteiger partial charge in [-0.15, -0.1) is 0 Å². The molecule has 0 radical (unpaired) electrons. The summed E-state index contributed by atoms with van der Waals surface area (Å²) in [4.78, 5) is 17.0. The summed E-state index contributed by atoms with van der Waals surface area (Å²) >= 11 is 8.28. The van der Waals surface area contributed by atoms with Gasteiger partial charge in [0.1, 0.15) is 5.52 Å². The summed E-state index contributed by atoms with van der Waals surface area (Å²) in [6.07, 6.45) is 0. The summed E-state index contributed by atoms with van der Waals surface area (Å²) in [6.45, 7) is 2.02. The highest BCUT2D eigenvalue weighted by atomic mass is 127. The van der Waals surface area contributed by atoms with E-state index < -0.39 is 0 Å². The Kier molecular flexibility index (Phi) is 4.88. The van der Waals surface area contributed by atoms with Crippen LogP contribution in [0, 0.1) is 10.5 Å². The van der Waals surface area contributed by atoms with E-state index in [2.05, 4.69) is 32.9 Å². The van der Waals surface area contributed by atoms with Crippen LogP contribution in [0.1, 0.15) is 15.9 Å². The Balaban J connectivity index is 1.56. The number of amides is 1. The van der Waals surface area contributed by atoms with E-state index in [9.17, 15) is 4.79 Å². The summed E-state index contributed by atoms with van der Waals surface area (Å²) in [5, 5.41) is 3.28. The third-order valence-electron chi connectivity index (χ3n) is 4.11. The molecule has 0 unspecified atom stereocenters. The van der Waals surface area contributed by atoms with E-state index in [1.165, 1.54) is 0 Å². The molecule has 1 N–H and O–H groups in total. The number of carbonyl (C=O) groups is 1. The molecule has 134 valence electrons. The molecule has 4 aromatic rings. The Labute approximate surface area is 174 Å². The number of aryl methyl sites for hydroxylation is 1. The fraction of sp³-hybridized carbons (Fsp3) is 0.0476. The zero-order chi connectivity index (χ0) is 19.0. The van der Waals surface area contributed by atoms with Crippen LogP contribution < -0.4 is 5.32 Å². The lowest BCUT2D eigenvalue weighted by atomic mass is 10.2. The molecule has 27 heavy (non-hydrogen) atoms. The highest BCUT2D eigenvalue weighted by Crippen LogP contribution is 2.26.